The van der Waals surface area contributed by atoms with E-state index in [2.05, 4.69) is 66.3 Å². The predicted molar refractivity (Wildman–Crippen MR) is 122 cm³/mol. The third-order valence-corrected chi connectivity index (χ3v) is 6.62. The van der Waals surface area contributed by atoms with Crippen molar-refractivity contribution in [1.29, 1.82) is 0 Å². The number of benzene rings is 2. The number of hydrogen-bond acceptors (Lipinski definition) is 2. The molecule has 144 valence electrons. The van der Waals surface area contributed by atoms with Crippen LogP contribution in [-0.2, 0) is 12.0 Å². The van der Waals surface area contributed by atoms with Crippen LogP contribution in [0.4, 0.5) is 0 Å². The summed E-state index contributed by atoms with van der Waals surface area (Å²) in [6, 6.07) is 15.8. The Morgan fingerprint density at radius 1 is 1.04 bits per heavy atom. The molecule has 27 heavy (non-hydrogen) atoms. The Balaban J connectivity index is 0.00000210. The maximum Gasteiger partial charge on any atom is 0.184 e. The number of halogens is 1. The van der Waals surface area contributed by atoms with E-state index < -0.39 is 0 Å². The minimum Gasteiger partial charge on any atom is -0.320 e. The van der Waals surface area contributed by atoms with Crippen molar-refractivity contribution < 1.29 is 0 Å². The molecule has 1 saturated carbocycles. The lowest BCUT2D eigenvalue weighted by Gasteiger charge is -2.43. The van der Waals surface area contributed by atoms with Gasteiger partial charge in [-0.2, -0.15) is 0 Å². The fourth-order valence-corrected chi connectivity index (χ4v) is 5.24. The molecule has 2 aromatic carbocycles. The summed E-state index contributed by atoms with van der Waals surface area (Å²) in [6.45, 7) is 6.45. The van der Waals surface area contributed by atoms with Crippen LogP contribution < -0.4 is 4.80 Å². The molecule has 1 fully saturated rings. The van der Waals surface area contributed by atoms with Crippen molar-refractivity contribution >= 4 is 39.1 Å². The first-order valence-electron chi connectivity index (χ1n) is 9.97. The first-order chi connectivity index (χ1) is 12.8. The largest absolute Gasteiger partial charge is 0.320 e. The molecule has 4 heteroatoms. The molecule has 1 aliphatic carbocycles. The van der Waals surface area contributed by atoms with Crippen molar-refractivity contribution in [2.45, 2.75) is 57.9 Å². The van der Waals surface area contributed by atoms with Gasteiger partial charge < -0.3 is 4.57 Å². The Morgan fingerprint density at radius 2 is 1.81 bits per heavy atom. The molecule has 0 saturated heterocycles. The van der Waals surface area contributed by atoms with Gasteiger partial charge in [0.2, 0.25) is 0 Å². The van der Waals surface area contributed by atoms with Crippen LogP contribution in [0.5, 0.6) is 0 Å². The summed E-state index contributed by atoms with van der Waals surface area (Å²) in [4.78, 5) is 6.07. The third kappa shape index (κ3) is 3.66. The summed E-state index contributed by atoms with van der Waals surface area (Å²) >= 11 is 1.83. The highest BCUT2D eigenvalue weighted by molar-refractivity contribution is 8.93. The van der Waals surface area contributed by atoms with Crippen molar-refractivity contribution in [2.75, 3.05) is 6.54 Å². The predicted octanol–water partition coefficient (Wildman–Crippen LogP) is 6.47. The Bertz CT molecular complexity index is 966. The summed E-state index contributed by atoms with van der Waals surface area (Å²) < 4.78 is 2.51. The van der Waals surface area contributed by atoms with Gasteiger partial charge in [0.05, 0.1) is 0 Å². The fourth-order valence-electron chi connectivity index (χ4n) is 4.19. The van der Waals surface area contributed by atoms with Crippen LogP contribution in [0.2, 0.25) is 0 Å². The first kappa shape index (κ1) is 20.3. The van der Waals surface area contributed by atoms with Gasteiger partial charge in [0, 0.05) is 29.6 Å². The molecular formula is C23H29BrN2S. The van der Waals surface area contributed by atoms with Crippen molar-refractivity contribution in [1.82, 2.24) is 4.57 Å². The van der Waals surface area contributed by atoms with E-state index in [4.69, 9.17) is 4.99 Å². The van der Waals surface area contributed by atoms with Gasteiger partial charge >= 0.3 is 0 Å². The third-order valence-electron chi connectivity index (χ3n) is 5.72. The molecule has 0 radical (unpaired) electrons. The van der Waals surface area contributed by atoms with Crippen LogP contribution in [-0.4, -0.2) is 11.1 Å². The number of fused-ring (bicyclic) bond motifs is 1. The molecular weight excluding hydrogens is 416 g/mol. The van der Waals surface area contributed by atoms with E-state index in [0.717, 1.165) is 25.9 Å². The second kappa shape index (κ2) is 8.74. The molecule has 0 aliphatic heterocycles. The minimum absolute atomic E-state index is 0. The molecule has 0 N–H and O–H groups in total. The van der Waals surface area contributed by atoms with Gasteiger partial charge in [-0.15, -0.1) is 28.3 Å². The first-order valence-corrected chi connectivity index (χ1v) is 10.8. The Morgan fingerprint density at radius 3 is 2.48 bits per heavy atom. The van der Waals surface area contributed by atoms with E-state index in [1.807, 2.05) is 11.3 Å². The Labute approximate surface area is 176 Å². The second-order valence-electron chi connectivity index (χ2n) is 7.43. The minimum atomic E-state index is 0. The van der Waals surface area contributed by atoms with E-state index in [1.165, 1.54) is 46.1 Å². The topological polar surface area (TPSA) is 17.3 Å². The van der Waals surface area contributed by atoms with Crippen LogP contribution in [0.3, 0.4) is 0 Å². The second-order valence-corrected chi connectivity index (χ2v) is 8.27. The van der Waals surface area contributed by atoms with Gasteiger partial charge in [0.25, 0.3) is 0 Å². The quantitative estimate of drug-likeness (QED) is 0.414. The maximum absolute atomic E-state index is 4.86. The zero-order chi connectivity index (χ0) is 18.0. The van der Waals surface area contributed by atoms with Gasteiger partial charge in [0.15, 0.2) is 4.80 Å². The lowest BCUT2D eigenvalue weighted by atomic mass is 9.62. The maximum atomic E-state index is 4.86. The smallest absolute Gasteiger partial charge is 0.184 e. The molecule has 0 unspecified atom stereocenters. The molecule has 1 heterocycles. The Kier molecular flexibility index (Phi) is 6.59. The summed E-state index contributed by atoms with van der Waals surface area (Å²) in [5.41, 5.74) is 3.14. The zero-order valence-electron chi connectivity index (χ0n) is 16.3. The number of aromatic nitrogens is 1. The lowest BCUT2D eigenvalue weighted by Crippen LogP contribution is -2.39. The number of nitrogens with zero attached hydrogens (tertiary/aromatic N) is 2. The van der Waals surface area contributed by atoms with E-state index in [-0.39, 0.29) is 22.4 Å². The normalized spacial score (nSPS) is 16.1. The van der Waals surface area contributed by atoms with Crippen molar-refractivity contribution in [2.24, 2.45) is 4.99 Å². The lowest BCUT2D eigenvalue weighted by molar-refractivity contribution is 0.282. The average Bonchev–Trinajstić information content (AvgIpc) is 3.02. The highest BCUT2D eigenvalue weighted by atomic mass is 79.9. The summed E-state index contributed by atoms with van der Waals surface area (Å²) in [5, 5.41) is 5.07. The van der Waals surface area contributed by atoms with Crippen LogP contribution in [0.15, 0.2) is 52.8 Å². The van der Waals surface area contributed by atoms with E-state index in [1.54, 1.807) is 0 Å². The zero-order valence-corrected chi connectivity index (χ0v) is 18.8. The average molecular weight is 445 g/mol. The standard InChI is InChI=1S/C23H28N2S.BrH/c1-3-14-24-22-25(15-4-2)21(17-26-22)23(12-7-13-23)20-11-10-18-8-5-6-9-19(18)16-20;/h5-6,8-11,16-17H,3-4,7,12-15H2,1-2H3;1H/b24-22-;. The molecule has 3 aromatic rings. The Hall–Kier alpha value is -1.39. The van der Waals surface area contributed by atoms with E-state index in [9.17, 15) is 0 Å². The van der Waals surface area contributed by atoms with E-state index >= 15 is 0 Å². The molecule has 1 aliphatic rings. The van der Waals surface area contributed by atoms with Gasteiger partial charge in [0.1, 0.15) is 0 Å². The van der Waals surface area contributed by atoms with Crippen LogP contribution in [0.25, 0.3) is 10.8 Å². The van der Waals surface area contributed by atoms with Crippen LogP contribution >= 0.6 is 28.3 Å². The highest BCUT2D eigenvalue weighted by Gasteiger charge is 2.42. The van der Waals surface area contributed by atoms with Gasteiger partial charge in [-0.3, -0.25) is 4.99 Å². The van der Waals surface area contributed by atoms with Crippen molar-refractivity contribution in [3.8, 4) is 0 Å². The molecule has 0 amide bonds. The SMILES string of the molecule is Br.CCC/N=c1\scc(C2(c3ccc4ccccc4c3)CCC2)n1CCC. The highest BCUT2D eigenvalue weighted by Crippen LogP contribution is 2.49. The number of hydrogen-bond donors (Lipinski definition) is 0. The van der Waals surface area contributed by atoms with Gasteiger partial charge in [-0.05, 0) is 42.0 Å². The van der Waals surface area contributed by atoms with Gasteiger partial charge in [-0.25, -0.2) is 0 Å². The van der Waals surface area contributed by atoms with Crippen molar-refractivity contribution in [3.63, 3.8) is 0 Å². The number of thiazole rings is 1. The molecule has 0 atom stereocenters. The fraction of sp³-hybridized carbons (Fsp3) is 0.435. The number of rotatable bonds is 6. The molecule has 1 aromatic heterocycles. The molecule has 0 bridgehead atoms. The molecule has 0 spiro atoms. The van der Waals surface area contributed by atoms with Crippen LogP contribution in [0, 0.1) is 0 Å². The monoisotopic (exact) mass is 444 g/mol. The molecule has 4 rings (SSSR count). The summed E-state index contributed by atoms with van der Waals surface area (Å²) in [7, 11) is 0. The molecule has 2 nitrogen and oxygen atoms in total. The summed E-state index contributed by atoms with van der Waals surface area (Å²) in [5.74, 6) is 0. The van der Waals surface area contributed by atoms with Crippen LogP contribution in [0.1, 0.15) is 57.2 Å². The van der Waals surface area contributed by atoms with Gasteiger partial charge in [-0.1, -0.05) is 62.7 Å². The summed E-state index contributed by atoms with van der Waals surface area (Å²) in [6.07, 6.45) is 6.07. The van der Waals surface area contributed by atoms with Crippen molar-refractivity contribution in [3.05, 3.63) is 63.9 Å². The van der Waals surface area contributed by atoms with E-state index in [0.29, 0.717) is 0 Å².